The van der Waals surface area contributed by atoms with Crippen LogP contribution in [0.15, 0.2) is 30.3 Å². The van der Waals surface area contributed by atoms with Crippen molar-refractivity contribution in [2.45, 2.75) is 0 Å². The van der Waals surface area contributed by atoms with E-state index in [1.807, 2.05) is 18.2 Å². The summed E-state index contributed by atoms with van der Waals surface area (Å²) >= 11 is 0. The second-order valence-corrected chi connectivity index (χ2v) is 1.37. The van der Waals surface area contributed by atoms with Crippen molar-refractivity contribution in [3.8, 4) is 0 Å². The van der Waals surface area contributed by atoms with Crippen LogP contribution < -0.4 is 37.7 Å². The number of hydrogen-bond acceptors (Lipinski definition) is 0. The zero-order chi connectivity index (χ0) is 5.11. The number of hydrogen-bond donors (Lipinski definition) is 0. The molecular weight excluding hydrogens is 100.0 g/mol. The second-order valence-electron chi connectivity index (χ2n) is 1.37. The molecule has 0 aliphatic rings. The summed E-state index contributed by atoms with van der Waals surface area (Å²) in [5, 5.41) is 0. The maximum Gasteiger partial charge on any atom is 1.00 e. The van der Waals surface area contributed by atoms with E-state index in [2.05, 4.69) is 0 Å². The topological polar surface area (TPSA) is 23.8 Å². The zero-order valence-corrected chi connectivity index (χ0v) is 5.89. The van der Waals surface area contributed by atoms with Crippen molar-refractivity contribution in [1.29, 1.82) is 0 Å². The van der Waals surface area contributed by atoms with Crippen LogP contribution in [0.25, 0.3) is 5.73 Å². The van der Waals surface area contributed by atoms with Crippen molar-refractivity contribution in [2.24, 2.45) is 0 Å². The Hall–Kier alpha value is 0.215. The fourth-order valence-corrected chi connectivity index (χ4v) is 0.438. The average molecular weight is 106 g/mol. The van der Waals surface area contributed by atoms with E-state index in [9.17, 15) is 0 Å². The quantitative estimate of drug-likeness (QED) is 0.305. The molecule has 3 heteroatoms. The predicted molar refractivity (Wildman–Crippen MR) is 30.4 cm³/mol. The summed E-state index contributed by atoms with van der Waals surface area (Å²) in [6.45, 7) is 0. The van der Waals surface area contributed by atoms with Crippen molar-refractivity contribution in [2.75, 3.05) is 0 Å². The van der Waals surface area contributed by atoms with Gasteiger partial charge in [-0.3, -0.25) is 0 Å². The van der Waals surface area contributed by atoms with Crippen LogP contribution >= 0.6 is 0 Å². The van der Waals surface area contributed by atoms with Gasteiger partial charge in [0.2, 0.25) is 0 Å². The Morgan fingerprint density at radius 2 is 1.33 bits per heavy atom. The van der Waals surface area contributed by atoms with E-state index in [0.717, 1.165) is 0 Å². The molecule has 1 nitrogen and oxygen atoms in total. The minimum atomic E-state index is 0. The molecule has 0 saturated carbocycles. The van der Waals surface area contributed by atoms with Gasteiger partial charge in [-0.15, -0.1) is 5.69 Å². The normalized spacial score (nSPS) is 6.67. The molecular formula is C6H6Li2N+. The van der Waals surface area contributed by atoms with E-state index < -0.39 is 0 Å². The van der Waals surface area contributed by atoms with E-state index in [0.29, 0.717) is 5.69 Å². The van der Waals surface area contributed by atoms with Gasteiger partial charge < -0.3 is 5.73 Å². The molecule has 0 fully saturated rings. The fraction of sp³-hybridized carbons (Fsp3) is 0. The SMILES string of the molecule is [Li+].[Li+].[NH-]c1ccccc1. The first-order valence-corrected chi connectivity index (χ1v) is 2.16. The van der Waals surface area contributed by atoms with Gasteiger partial charge in [0.15, 0.2) is 0 Å². The minimum Gasteiger partial charge on any atom is -0.699 e. The summed E-state index contributed by atoms with van der Waals surface area (Å²) < 4.78 is 0. The summed E-state index contributed by atoms with van der Waals surface area (Å²) in [7, 11) is 0. The van der Waals surface area contributed by atoms with Crippen LogP contribution in [0, 0.1) is 0 Å². The maximum absolute atomic E-state index is 7.00. The van der Waals surface area contributed by atoms with E-state index >= 15 is 0 Å². The molecule has 0 aliphatic heterocycles. The van der Waals surface area contributed by atoms with Crippen LogP contribution in [-0.4, -0.2) is 0 Å². The van der Waals surface area contributed by atoms with Gasteiger partial charge in [-0.2, -0.15) is 0 Å². The third-order valence-corrected chi connectivity index (χ3v) is 0.774. The van der Waals surface area contributed by atoms with Crippen LogP contribution in [0.4, 0.5) is 5.69 Å². The first-order chi connectivity index (χ1) is 3.39. The van der Waals surface area contributed by atoms with Crippen LogP contribution in [-0.2, 0) is 0 Å². The molecule has 1 rings (SSSR count). The van der Waals surface area contributed by atoms with Gasteiger partial charge in [0.05, 0.1) is 0 Å². The van der Waals surface area contributed by atoms with Crippen molar-refractivity contribution >= 4 is 5.69 Å². The van der Waals surface area contributed by atoms with Crippen LogP contribution in [0.3, 0.4) is 0 Å². The third kappa shape index (κ3) is 4.70. The Balaban J connectivity index is 0. The summed E-state index contributed by atoms with van der Waals surface area (Å²) in [5.41, 5.74) is 7.57. The van der Waals surface area contributed by atoms with Crippen molar-refractivity contribution < 1.29 is 37.7 Å². The van der Waals surface area contributed by atoms with E-state index in [1.165, 1.54) is 0 Å². The van der Waals surface area contributed by atoms with Crippen LogP contribution in [0.2, 0.25) is 0 Å². The Labute approximate surface area is 79.4 Å². The standard InChI is InChI=1S/C6H6N.2Li/c7-6-4-2-1-3-5-6;;/h1-5,7H;;/q-1;2*+1. The van der Waals surface area contributed by atoms with Gasteiger partial charge >= 0.3 is 37.7 Å². The molecule has 9 heavy (non-hydrogen) atoms. The van der Waals surface area contributed by atoms with Gasteiger partial charge in [-0.25, -0.2) is 0 Å². The summed E-state index contributed by atoms with van der Waals surface area (Å²) in [4.78, 5) is 0. The summed E-state index contributed by atoms with van der Waals surface area (Å²) in [5.74, 6) is 0. The second kappa shape index (κ2) is 6.34. The first-order valence-electron chi connectivity index (χ1n) is 2.16. The van der Waals surface area contributed by atoms with Crippen LogP contribution in [0.5, 0.6) is 0 Å². The predicted octanol–water partition coefficient (Wildman–Crippen LogP) is -3.62. The smallest absolute Gasteiger partial charge is 0.699 e. The number of rotatable bonds is 0. The molecule has 0 radical (unpaired) electrons. The largest absolute Gasteiger partial charge is 1.00 e. The monoisotopic (exact) mass is 106 g/mol. The van der Waals surface area contributed by atoms with Gasteiger partial charge in [-0.05, 0) is 0 Å². The molecule has 0 unspecified atom stereocenters. The van der Waals surface area contributed by atoms with Crippen molar-refractivity contribution in [3.63, 3.8) is 0 Å². The molecule has 1 aromatic rings. The van der Waals surface area contributed by atoms with Gasteiger partial charge in [-0.1, -0.05) is 30.3 Å². The molecule has 0 spiro atoms. The molecule has 0 amide bonds. The molecule has 1 N–H and O–H groups in total. The Bertz CT molecular complexity index is 141. The average Bonchev–Trinajstić information content (AvgIpc) is 1.69. The first kappa shape index (κ1) is 11.9. The Kier molecular flexibility index (Phi) is 8.41. The van der Waals surface area contributed by atoms with Crippen molar-refractivity contribution in [3.05, 3.63) is 36.1 Å². The maximum atomic E-state index is 7.00. The number of benzene rings is 1. The molecule has 36 valence electrons. The van der Waals surface area contributed by atoms with Crippen molar-refractivity contribution in [1.82, 2.24) is 0 Å². The summed E-state index contributed by atoms with van der Waals surface area (Å²) in [6.07, 6.45) is 0. The molecule has 1 aromatic carbocycles. The Morgan fingerprint density at radius 1 is 0.889 bits per heavy atom. The number of nitrogens with one attached hydrogen (secondary N) is 1. The fourth-order valence-electron chi connectivity index (χ4n) is 0.438. The zero-order valence-electron chi connectivity index (χ0n) is 5.89. The molecule has 0 atom stereocenters. The molecule has 0 heterocycles. The van der Waals surface area contributed by atoms with Gasteiger partial charge in [0.25, 0.3) is 0 Å². The van der Waals surface area contributed by atoms with Gasteiger partial charge in [0, 0.05) is 0 Å². The molecule has 0 bridgehead atoms. The third-order valence-electron chi connectivity index (χ3n) is 0.774. The van der Waals surface area contributed by atoms with E-state index in [-0.39, 0.29) is 37.7 Å². The van der Waals surface area contributed by atoms with Crippen LogP contribution in [0.1, 0.15) is 0 Å². The summed E-state index contributed by atoms with van der Waals surface area (Å²) in [6, 6.07) is 9.10. The van der Waals surface area contributed by atoms with E-state index in [1.54, 1.807) is 12.1 Å². The van der Waals surface area contributed by atoms with E-state index in [4.69, 9.17) is 5.73 Å². The minimum absolute atomic E-state index is 0. The molecule has 0 aliphatic carbocycles. The molecule has 0 aromatic heterocycles. The Morgan fingerprint density at radius 3 is 1.56 bits per heavy atom. The molecule has 0 saturated heterocycles. The van der Waals surface area contributed by atoms with Gasteiger partial charge in [0.1, 0.15) is 0 Å².